The summed E-state index contributed by atoms with van der Waals surface area (Å²) in [6, 6.07) is 20.8. The summed E-state index contributed by atoms with van der Waals surface area (Å²) in [6.45, 7) is 1.96. The summed E-state index contributed by atoms with van der Waals surface area (Å²) in [5.41, 5.74) is 5.03. The number of ketones is 1. The molecule has 0 spiro atoms. The van der Waals surface area contributed by atoms with Crippen LogP contribution in [-0.4, -0.2) is 22.4 Å². The molecule has 0 bridgehead atoms. The van der Waals surface area contributed by atoms with Crippen LogP contribution >= 0.6 is 0 Å². The number of allylic oxidation sites excluding steroid dienone is 1. The number of ether oxygens (including phenoxy) is 1. The average Bonchev–Trinajstić information content (AvgIpc) is 3.40. The van der Waals surface area contributed by atoms with Crippen LogP contribution in [-0.2, 0) is 11.2 Å². The number of imidazole rings is 1. The molecule has 5 rings (SSSR count). The minimum Gasteiger partial charge on any atom is -0.495 e. The molecule has 0 saturated heterocycles. The quantitative estimate of drug-likeness (QED) is 0.374. The first-order valence-electron chi connectivity index (χ1n) is 11.0. The number of rotatable bonds is 5. The van der Waals surface area contributed by atoms with Gasteiger partial charge in [0.25, 0.3) is 0 Å². The monoisotopic (exact) mass is 422 g/mol. The molecule has 0 radical (unpaired) electrons. The van der Waals surface area contributed by atoms with E-state index in [0.29, 0.717) is 0 Å². The lowest BCUT2D eigenvalue weighted by atomic mass is 9.93. The van der Waals surface area contributed by atoms with Crippen LogP contribution in [0.3, 0.4) is 0 Å². The van der Waals surface area contributed by atoms with Gasteiger partial charge in [-0.05, 0) is 71.9 Å². The van der Waals surface area contributed by atoms with Crippen LogP contribution in [0, 0.1) is 12.8 Å². The molecule has 1 aliphatic rings. The van der Waals surface area contributed by atoms with Crippen molar-refractivity contribution in [2.45, 2.75) is 26.2 Å². The van der Waals surface area contributed by atoms with Gasteiger partial charge in [0.05, 0.1) is 24.8 Å². The Morgan fingerprint density at radius 3 is 2.78 bits per heavy atom. The molecule has 1 fully saturated rings. The molecule has 4 heteroatoms. The van der Waals surface area contributed by atoms with Gasteiger partial charge in [0, 0.05) is 12.1 Å². The molecule has 160 valence electrons. The zero-order valence-electron chi connectivity index (χ0n) is 18.4. The summed E-state index contributed by atoms with van der Waals surface area (Å²) in [5.74, 6) is 1.07. The van der Waals surface area contributed by atoms with Crippen LogP contribution in [0.5, 0.6) is 5.75 Å². The lowest BCUT2D eigenvalue weighted by molar-refractivity contribution is -0.117. The third kappa shape index (κ3) is 3.84. The van der Waals surface area contributed by atoms with E-state index in [9.17, 15) is 4.79 Å². The van der Waals surface area contributed by atoms with Crippen molar-refractivity contribution in [1.82, 2.24) is 9.55 Å². The third-order valence-corrected chi connectivity index (χ3v) is 6.33. The minimum atomic E-state index is 0.0437. The predicted octanol–water partition coefficient (Wildman–Crippen LogP) is 5.95. The maximum absolute atomic E-state index is 13.2. The van der Waals surface area contributed by atoms with Crippen molar-refractivity contribution in [3.05, 3.63) is 95.6 Å². The molecule has 3 aromatic carbocycles. The number of benzene rings is 3. The normalized spacial score (nSPS) is 17.4. The number of Topliss-reactive ketones (excluding diaryl/α,β-unsaturated/α-hetero) is 1. The van der Waals surface area contributed by atoms with Crippen molar-refractivity contribution in [3.8, 4) is 11.4 Å². The molecule has 1 atom stereocenters. The molecule has 0 aliphatic heterocycles. The lowest BCUT2D eigenvalue weighted by Gasteiger charge is -2.11. The van der Waals surface area contributed by atoms with Crippen molar-refractivity contribution in [2.75, 3.05) is 7.11 Å². The van der Waals surface area contributed by atoms with E-state index in [4.69, 9.17) is 4.74 Å². The van der Waals surface area contributed by atoms with Crippen LogP contribution in [0.25, 0.3) is 22.5 Å². The molecule has 0 amide bonds. The van der Waals surface area contributed by atoms with E-state index < -0.39 is 0 Å². The Morgan fingerprint density at radius 2 is 1.97 bits per heavy atom. The Hall–Kier alpha value is -3.66. The van der Waals surface area contributed by atoms with E-state index in [2.05, 4.69) is 47.4 Å². The van der Waals surface area contributed by atoms with E-state index in [1.807, 2.05) is 42.0 Å². The number of carbonyl (C=O) groups is 1. The Labute approximate surface area is 188 Å². The molecule has 1 aromatic heterocycles. The third-order valence-electron chi connectivity index (χ3n) is 6.33. The number of hydrogen-bond donors (Lipinski definition) is 0. The van der Waals surface area contributed by atoms with Crippen molar-refractivity contribution in [3.63, 3.8) is 0 Å². The van der Waals surface area contributed by atoms with Gasteiger partial charge in [-0.3, -0.25) is 4.79 Å². The van der Waals surface area contributed by atoms with Gasteiger partial charge < -0.3 is 9.30 Å². The van der Waals surface area contributed by atoms with Crippen LogP contribution in [0.1, 0.15) is 29.7 Å². The van der Waals surface area contributed by atoms with Gasteiger partial charge in [-0.25, -0.2) is 4.98 Å². The summed E-state index contributed by atoms with van der Waals surface area (Å²) < 4.78 is 7.57. The summed E-state index contributed by atoms with van der Waals surface area (Å²) >= 11 is 0. The van der Waals surface area contributed by atoms with E-state index in [-0.39, 0.29) is 11.7 Å². The molecular weight excluding hydrogens is 396 g/mol. The Morgan fingerprint density at radius 1 is 1.12 bits per heavy atom. The van der Waals surface area contributed by atoms with Crippen molar-refractivity contribution in [1.29, 1.82) is 0 Å². The van der Waals surface area contributed by atoms with Gasteiger partial charge in [-0.15, -0.1) is 0 Å². The number of aryl methyl sites for hydroxylation is 1. The largest absolute Gasteiger partial charge is 0.495 e. The molecule has 1 saturated carbocycles. The topological polar surface area (TPSA) is 44.1 Å². The summed E-state index contributed by atoms with van der Waals surface area (Å²) in [5, 5.41) is 2.47. The van der Waals surface area contributed by atoms with Gasteiger partial charge in [0.2, 0.25) is 0 Å². The first kappa shape index (κ1) is 20.3. The van der Waals surface area contributed by atoms with Gasteiger partial charge in [0.1, 0.15) is 5.75 Å². The van der Waals surface area contributed by atoms with Crippen molar-refractivity contribution < 1.29 is 9.53 Å². The number of aromatic nitrogens is 2. The summed E-state index contributed by atoms with van der Waals surface area (Å²) in [4.78, 5) is 17.5. The Kier molecular flexibility index (Phi) is 5.36. The fourth-order valence-electron chi connectivity index (χ4n) is 4.67. The highest BCUT2D eigenvalue weighted by Gasteiger charge is 2.29. The first-order chi connectivity index (χ1) is 15.6. The predicted molar refractivity (Wildman–Crippen MR) is 128 cm³/mol. The Balaban J connectivity index is 1.38. The summed E-state index contributed by atoms with van der Waals surface area (Å²) in [6.07, 6.45) is 8.28. The standard InChI is InChI=1S/C28H26N2O2/c1-19-17-30(18-29-19)26-13-10-20(15-27(26)32-2)14-23-11-12-24(28(23)31)16-22-8-5-7-21-6-3-4-9-25(21)22/h3-10,13-15,17-18,24H,11-12,16H2,1-2H3/b23-14+. The molecule has 4 aromatic rings. The van der Waals surface area contributed by atoms with E-state index in [0.717, 1.165) is 47.5 Å². The van der Waals surface area contributed by atoms with Gasteiger partial charge >= 0.3 is 0 Å². The molecule has 1 aliphatic carbocycles. The molecule has 1 unspecified atom stereocenters. The average molecular weight is 423 g/mol. The number of hydrogen-bond acceptors (Lipinski definition) is 3. The Bertz CT molecular complexity index is 1330. The summed E-state index contributed by atoms with van der Waals surface area (Å²) in [7, 11) is 1.67. The second kappa shape index (κ2) is 8.46. The van der Waals surface area contributed by atoms with Gasteiger partial charge in [-0.2, -0.15) is 0 Å². The molecule has 4 nitrogen and oxygen atoms in total. The van der Waals surface area contributed by atoms with E-state index in [1.54, 1.807) is 13.4 Å². The maximum Gasteiger partial charge on any atom is 0.162 e. The highest BCUT2D eigenvalue weighted by Crippen LogP contribution is 2.34. The van der Waals surface area contributed by atoms with Crippen molar-refractivity contribution >= 4 is 22.6 Å². The zero-order chi connectivity index (χ0) is 22.1. The minimum absolute atomic E-state index is 0.0437. The first-order valence-corrected chi connectivity index (χ1v) is 11.0. The second-order valence-corrected chi connectivity index (χ2v) is 8.47. The van der Waals surface area contributed by atoms with Crippen molar-refractivity contribution in [2.24, 2.45) is 5.92 Å². The van der Waals surface area contributed by atoms with Crippen LogP contribution in [0.2, 0.25) is 0 Å². The fourth-order valence-corrected chi connectivity index (χ4v) is 4.67. The lowest BCUT2D eigenvalue weighted by Crippen LogP contribution is -2.11. The van der Waals surface area contributed by atoms with Gasteiger partial charge in [0.15, 0.2) is 5.78 Å². The molecular formula is C28H26N2O2. The van der Waals surface area contributed by atoms with Gasteiger partial charge in [-0.1, -0.05) is 48.5 Å². The smallest absolute Gasteiger partial charge is 0.162 e. The highest BCUT2D eigenvalue weighted by atomic mass is 16.5. The number of nitrogens with zero attached hydrogens (tertiary/aromatic N) is 2. The van der Waals surface area contributed by atoms with Crippen LogP contribution in [0.15, 0.2) is 78.8 Å². The molecule has 0 N–H and O–H groups in total. The SMILES string of the molecule is COc1cc(/C=C2\CCC(Cc3cccc4ccccc34)C2=O)ccc1-n1cnc(C)c1. The number of methoxy groups -OCH3 is 1. The van der Waals surface area contributed by atoms with E-state index >= 15 is 0 Å². The second-order valence-electron chi connectivity index (χ2n) is 8.47. The fraction of sp³-hybridized carbons (Fsp3) is 0.214. The zero-order valence-corrected chi connectivity index (χ0v) is 18.4. The molecule has 1 heterocycles. The highest BCUT2D eigenvalue weighted by molar-refractivity contribution is 6.03. The van der Waals surface area contributed by atoms with Crippen LogP contribution in [0.4, 0.5) is 0 Å². The maximum atomic E-state index is 13.2. The van der Waals surface area contributed by atoms with E-state index in [1.165, 1.54) is 16.3 Å². The number of carbonyl (C=O) groups excluding carboxylic acids is 1. The van der Waals surface area contributed by atoms with Crippen LogP contribution < -0.4 is 4.74 Å². The molecule has 32 heavy (non-hydrogen) atoms. The number of fused-ring (bicyclic) bond motifs is 1.